The van der Waals surface area contributed by atoms with Gasteiger partial charge in [0, 0.05) is 12.6 Å². The molecule has 0 aliphatic rings. The Morgan fingerprint density at radius 1 is 1.50 bits per heavy atom. The fourth-order valence-electron chi connectivity index (χ4n) is 1.17. The van der Waals surface area contributed by atoms with E-state index in [1.807, 2.05) is 5.38 Å². The molecule has 2 heterocycles. The molecule has 0 aromatic carbocycles. The number of hydrogen-bond acceptors (Lipinski definition) is 4. The molecule has 0 atom stereocenters. The summed E-state index contributed by atoms with van der Waals surface area (Å²) in [5.41, 5.74) is 2.94. The SMILES string of the molecule is O=C(CCc1ccsc1)c1cncs1. The molecule has 2 rings (SSSR count). The van der Waals surface area contributed by atoms with E-state index in [9.17, 15) is 4.79 Å². The number of rotatable bonds is 4. The Hall–Kier alpha value is -1.00. The van der Waals surface area contributed by atoms with E-state index in [1.165, 1.54) is 16.9 Å². The summed E-state index contributed by atoms with van der Waals surface area (Å²) in [5, 5.41) is 4.12. The zero-order chi connectivity index (χ0) is 9.80. The molecule has 0 spiro atoms. The highest BCUT2D eigenvalue weighted by atomic mass is 32.1. The van der Waals surface area contributed by atoms with Gasteiger partial charge in [-0.3, -0.25) is 9.78 Å². The molecule has 4 heteroatoms. The van der Waals surface area contributed by atoms with Crippen LogP contribution in [0.25, 0.3) is 0 Å². The number of carbonyl (C=O) groups is 1. The third kappa shape index (κ3) is 2.27. The molecule has 0 unspecified atom stereocenters. The molecule has 14 heavy (non-hydrogen) atoms. The van der Waals surface area contributed by atoms with Gasteiger partial charge in [0.15, 0.2) is 5.78 Å². The highest BCUT2D eigenvalue weighted by molar-refractivity contribution is 7.11. The smallest absolute Gasteiger partial charge is 0.174 e. The highest BCUT2D eigenvalue weighted by Gasteiger charge is 2.07. The second-order valence-electron chi connectivity index (χ2n) is 2.92. The molecular weight excluding hydrogens is 214 g/mol. The van der Waals surface area contributed by atoms with Gasteiger partial charge in [-0.25, -0.2) is 0 Å². The summed E-state index contributed by atoms with van der Waals surface area (Å²) >= 11 is 3.08. The average Bonchev–Trinajstić information content (AvgIpc) is 2.87. The summed E-state index contributed by atoms with van der Waals surface area (Å²) in [7, 11) is 0. The van der Waals surface area contributed by atoms with E-state index in [0.29, 0.717) is 6.42 Å². The van der Waals surface area contributed by atoms with E-state index in [4.69, 9.17) is 0 Å². The second-order valence-corrected chi connectivity index (χ2v) is 4.59. The van der Waals surface area contributed by atoms with E-state index in [1.54, 1.807) is 23.0 Å². The van der Waals surface area contributed by atoms with Gasteiger partial charge in [-0.15, -0.1) is 11.3 Å². The van der Waals surface area contributed by atoms with E-state index in [0.717, 1.165) is 11.3 Å². The van der Waals surface area contributed by atoms with Gasteiger partial charge in [-0.2, -0.15) is 11.3 Å². The first-order valence-electron chi connectivity index (χ1n) is 4.29. The molecule has 0 aliphatic heterocycles. The monoisotopic (exact) mass is 223 g/mol. The number of Topliss-reactive ketones (excluding diaryl/α,β-unsaturated/α-hetero) is 1. The van der Waals surface area contributed by atoms with Crippen molar-refractivity contribution in [3.05, 3.63) is 39.0 Å². The van der Waals surface area contributed by atoms with Crippen LogP contribution in [0.2, 0.25) is 0 Å². The number of aryl methyl sites for hydroxylation is 1. The van der Waals surface area contributed by atoms with E-state index in [2.05, 4.69) is 16.4 Å². The molecule has 2 aromatic rings. The molecule has 0 amide bonds. The van der Waals surface area contributed by atoms with Crippen LogP contribution in [0.3, 0.4) is 0 Å². The molecule has 2 nitrogen and oxygen atoms in total. The zero-order valence-electron chi connectivity index (χ0n) is 7.47. The van der Waals surface area contributed by atoms with Crippen molar-refractivity contribution < 1.29 is 4.79 Å². The minimum atomic E-state index is 0.193. The molecule has 2 aromatic heterocycles. The molecular formula is C10H9NOS2. The fourth-order valence-corrected chi connectivity index (χ4v) is 2.46. The van der Waals surface area contributed by atoms with Crippen molar-refractivity contribution in [2.45, 2.75) is 12.8 Å². The maximum absolute atomic E-state index is 11.6. The third-order valence-electron chi connectivity index (χ3n) is 1.93. The topological polar surface area (TPSA) is 30.0 Å². The first-order valence-corrected chi connectivity index (χ1v) is 6.11. The Morgan fingerprint density at radius 3 is 3.07 bits per heavy atom. The molecule has 0 aliphatic carbocycles. The Labute approximate surface area is 90.2 Å². The van der Waals surface area contributed by atoms with E-state index in [-0.39, 0.29) is 5.78 Å². The van der Waals surface area contributed by atoms with Crippen molar-refractivity contribution in [1.29, 1.82) is 0 Å². The van der Waals surface area contributed by atoms with Gasteiger partial charge in [-0.1, -0.05) is 0 Å². The molecule has 0 N–H and O–H groups in total. The van der Waals surface area contributed by atoms with Crippen LogP contribution < -0.4 is 0 Å². The van der Waals surface area contributed by atoms with Crippen LogP contribution in [-0.2, 0) is 6.42 Å². The molecule has 72 valence electrons. The summed E-state index contributed by atoms with van der Waals surface area (Å²) in [6.45, 7) is 0. The lowest BCUT2D eigenvalue weighted by Gasteiger charge is -1.95. The first kappa shape index (κ1) is 9.55. The Kier molecular flexibility index (Phi) is 3.06. The standard InChI is InChI=1S/C10H9NOS2/c12-9(10-5-11-7-14-10)2-1-8-3-4-13-6-8/h3-7H,1-2H2. The lowest BCUT2D eigenvalue weighted by atomic mass is 10.1. The quantitative estimate of drug-likeness (QED) is 0.746. The van der Waals surface area contributed by atoms with Crippen LogP contribution in [0.1, 0.15) is 21.7 Å². The number of nitrogens with zero attached hydrogens (tertiary/aromatic N) is 1. The lowest BCUT2D eigenvalue weighted by molar-refractivity contribution is 0.0986. The van der Waals surface area contributed by atoms with Gasteiger partial charge in [-0.05, 0) is 28.8 Å². The molecule has 0 radical (unpaired) electrons. The maximum atomic E-state index is 11.6. The van der Waals surface area contributed by atoms with Crippen LogP contribution in [0.15, 0.2) is 28.5 Å². The van der Waals surface area contributed by atoms with Crippen molar-refractivity contribution >= 4 is 28.5 Å². The van der Waals surface area contributed by atoms with Crippen LogP contribution in [-0.4, -0.2) is 10.8 Å². The number of hydrogen-bond donors (Lipinski definition) is 0. The molecule has 0 bridgehead atoms. The summed E-state index contributed by atoms with van der Waals surface area (Å²) in [6, 6.07) is 2.06. The largest absolute Gasteiger partial charge is 0.293 e. The Balaban J connectivity index is 1.90. The summed E-state index contributed by atoms with van der Waals surface area (Å²) in [6.07, 6.45) is 3.06. The number of carbonyl (C=O) groups excluding carboxylic acids is 1. The van der Waals surface area contributed by atoms with Gasteiger partial charge in [0.2, 0.25) is 0 Å². The van der Waals surface area contributed by atoms with Gasteiger partial charge in [0.05, 0.1) is 10.4 Å². The van der Waals surface area contributed by atoms with Gasteiger partial charge < -0.3 is 0 Å². The number of thiophene rings is 1. The van der Waals surface area contributed by atoms with Crippen LogP contribution in [0.5, 0.6) is 0 Å². The number of ketones is 1. The minimum absolute atomic E-state index is 0.193. The Bertz CT molecular complexity index is 392. The van der Waals surface area contributed by atoms with Crippen LogP contribution >= 0.6 is 22.7 Å². The first-order chi connectivity index (χ1) is 6.86. The summed E-state index contributed by atoms with van der Waals surface area (Å²) in [4.78, 5) is 16.2. The highest BCUT2D eigenvalue weighted by Crippen LogP contribution is 2.13. The normalized spacial score (nSPS) is 10.3. The van der Waals surface area contributed by atoms with Gasteiger partial charge >= 0.3 is 0 Å². The minimum Gasteiger partial charge on any atom is -0.293 e. The third-order valence-corrected chi connectivity index (χ3v) is 3.47. The zero-order valence-corrected chi connectivity index (χ0v) is 9.11. The van der Waals surface area contributed by atoms with Crippen molar-refractivity contribution in [2.75, 3.05) is 0 Å². The maximum Gasteiger partial charge on any atom is 0.174 e. The van der Waals surface area contributed by atoms with Gasteiger partial charge in [0.25, 0.3) is 0 Å². The predicted molar refractivity (Wildman–Crippen MR) is 59.1 cm³/mol. The van der Waals surface area contributed by atoms with E-state index < -0.39 is 0 Å². The molecule has 0 fully saturated rings. The summed E-state index contributed by atoms with van der Waals surface area (Å²) < 4.78 is 0. The van der Waals surface area contributed by atoms with Crippen molar-refractivity contribution in [3.8, 4) is 0 Å². The van der Waals surface area contributed by atoms with E-state index >= 15 is 0 Å². The van der Waals surface area contributed by atoms with Crippen molar-refractivity contribution in [2.24, 2.45) is 0 Å². The van der Waals surface area contributed by atoms with Crippen LogP contribution in [0, 0.1) is 0 Å². The number of thiazole rings is 1. The van der Waals surface area contributed by atoms with Crippen molar-refractivity contribution in [3.63, 3.8) is 0 Å². The van der Waals surface area contributed by atoms with Gasteiger partial charge in [0.1, 0.15) is 0 Å². The molecule has 0 saturated heterocycles. The summed E-state index contributed by atoms with van der Waals surface area (Å²) in [5.74, 6) is 0.193. The predicted octanol–water partition coefficient (Wildman–Crippen LogP) is 3.02. The van der Waals surface area contributed by atoms with Crippen molar-refractivity contribution in [1.82, 2.24) is 4.98 Å². The Morgan fingerprint density at radius 2 is 2.43 bits per heavy atom. The fraction of sp³-hybridized carbons (Fsp3) is 0.200. The van der Waals surface area contributed by atoms with Crippen LogP contribution in [0.4, 0.5) is 0 Å². The molecule has 0 saturated carbocycles. The average molecular weight is 223 g/mol. The number of aromatic nitrogens is 1. The second kappa shape index (κ2) is 4.48. The lowest BCUT2D eigenvalue weighted by Crippen LogP contribution is -1.97.